The highest BCUT2D eigenvalue weighted by Gasteiger charge is 2.12. The predicted molar refractivity (Wildman–Crippen MR) is 109 cm³/mol. The summed E-state index contributed by atoms with van der Waals surface area (Å²) >= 11 is 6.14. The molecule has 6 heteroatoms. The van der Waals surface area contributed by atoms with Crippen LogP contribution in [0.15, 0.2) is 48.5 Å². The number of rotatable bonds is 5. The maximum Gasteiger partial charge on any atom is 0.270 e. The molecular weight excluding hydrogens is 360 g/mol. The van der Waals surface area contributed by atoms with Crippen LogP contribution in [0.1, 0.15) is 33.0 Å². The first-order valence-electron chi connectivity index (χ1n) is 8.64. The van der Waals surface area contributed by atoms with Crippen molar-refractivity contribution in [1.29, 1.82) is 0 Å². The first-order valence-corrected chi connectivity index (χ1v) is 9.02. The standard InChI is InChI=1S/C21H21ClN4O/c1-13-8-9-14(2)18(10-13)26-20-11-19(24-15(3)25-20)21(27)23-12-16-6-4-5-7-17(16)22/h4-11H,12H2,1-3H3,(H,23,27)(H,24,25,26). The molecule has 0 spiro atoms. The van der Waals surface area contributed by atoms with Gasteiger partial charge in [-0.05, 0) is 49.6 Å². The summed E-state index contributed by atoms with van der Waals surface area (Å²) in [7, 11) is 0. The molecule has 0 aliphatic rings. The minimum absolute atomic E-state index is 0.274. The second-order valence-electron chi connectivity index (χ2n) is 6.40. The third-order valence-electron chi connectivity index (χ3n) is 4.12. The molecule has 0 saturated carbocycles. The van der Waals surface area contributed by atoms with Crippen molar-refractivity contribution >= 4 is 29.0 Å². The SMILES string of the molecule is Cc1ccc(C)c(Nc2cc(C(=O)NCc3ccccc3Cl)nc(C)n2)c1. The number of amides is 1. The van der Waals surface area contributed by atoms with Crippen LogP contribution in [-0.2, 0) is 6.54 Å². The van der Waals surface area contributed by atoms with Crippen molar-refractivity contribution in [2.75, 3.05) is 5.32 Å². The molecule has 0 saturated heterocycles. The van der Waals surface area contributed by atoms with Gasteiger partial charge >= 0.3 is 0 Å². The Kier molecular flexibility index (Phi) is 5.72. The molecule has 27 heavy (non-hydrogen) atoms. The van der Waals surface area contributed by atoms with E-state index < -0.39 is 0 Å². The number of benzene rings is 2. The molecule has 3 aromatic rings. The number of hydrogen-bond donors (Lipinski definition) is 2. The second-order valence-corrected chi connectivity index (χ2v) is 6.81. The van der Waals surface area contributed by atoms with Crippen LogP contribution in [0.2, 0.25) is 5.02 Å². The molecule has 1 amide bonds. The minimum Gasteiger partial charge on any atom is -0.347 e. The third kappa shape index (κ3) is 4.83. The Labute approximate surface area is 163 Å². The Morgan fingerprint density at radius 1 is 1.04 bits per heavy atom. The summed E-state index contributed by atoms with van der Waals surface area (Å²) in [6, 6.07) is 15.2. The van der Waals surface area contributed by atoms with Crippen LogP contribution in [0.25, 0.3) is 0 Å². The summed E-state index contributed by atoms with van der Waals surface area (Å²) in [5, 5.41) is 6.75. The second kappa shape index (κ2) is 8.18. The lowest BCUT2D eigenvalue weighted by molar-refractivity contribution is 0.0945. The predicted octanol–water partition coefficient (Wildman–Crippen LogP) is 4.73. The topological polar surface area (TPSA) is 66.9 Å². The number of carbonyl (C=O) groups is 1. The van der Waals surface area contributed by atoms with Gasteiger partial charge in [-0.25, -0.2) is 9.97 Å². The van der Waals surface area contributed by atoms with Crippen molar-refractivity contribution in [1.82, 2.24) is 15.3 Å². The number of aromatic nitrogens is 2. The van der Waals surface area contributed by atoms with E-state index in [1.165, 1.54) is 0 Å². The number of anilines is 2. The molecule has 0 radical (unpaired) electrons. The van der Waals surface area contributed by atoms with Crippen LogP contribution in [-0.4, -0.2) is 15.9 Å². The van der Waals surface area contributed by atoms with Gasteiger partial charge in [0.25, 0.3) is 5.91 Å². The van der Waals surface area contributed by atoms with E-state index in [9.17, 15) is 4.79 Å². The summed E-state index contributed by atoms with van der Waals surface area (Å²) in [6.45, 7) is 6.15. The number of nitrogens with zero attached hydrogens (tertiary/aromatic N) is 2. The van der Waals surface area contributed by atoms with Gasteiger partial charge in [-0.1, -0.05) is 41.9 Å². The van der Waals surface area contributed by atoms with Crippen LogP contribution in [0, 0.1) is 20.8 Å². The Bertz CT molecular complexity index is 988. The third-order valence-corrected chi connectivity index (χ3v) is 4.49. The van der Waals surface area contributed by atoms with E-state index in [0.717, 1.165) is 22.4 Å². The molecule has 0 bridgehead atoms. The average molecular weight is 381 g/mol. The van der Waals surface area contributed by atoms with Crippen LogP contribution < -0.4 is 10.6 Å². The van der Waals surface area contributed by atoms with Gasteiger partial charge in [0, 0.05) is 23.3 Å². The van der Waals surface area contributed by atoms with Crippen molar-refractivity contribution in [3.63, 3.8) is 0 Å². The van der Waals surface area contributed by atoms with E-state index >= 15 is 0 Å². The molecule has 0 aliphatic heterocycles. The van der Waals surface area contributed by atoms with Gasteiger partial charge in [0.1, 0.15) is 17.3 Å². The summed E-state index contributed by atoms with van der Waals surface area (Å²) in [5.41, 5.74) is 4.36. The maximum absolute atomic E-state index is 12.5. The molecule has 0 fully saturated rings. The molecule has 0 aliphatic carbocycles. The zero-order valence-electron chi connectivity index (χ0n) is 15.5. The summed E-state index contributed by atoms with van der Waals surface area (Å²) in [5.74, 6) is 0.830. The molecule has 1 aromatic heterocycles. The van der Waals surface area contributed by atoms with Crippen LogP contribution in [0.3, 0.4) is 0 Å². The van der Waals surface area contributed by atoms with Gasteiger partial charge in [0.15, 0.2) is 0 Å². The lowest BCUT2D eigenvalue weighted by Gasteiger charge is -2.12. The van der Waals surface area contributed by atoms with E-state index in [4.69, 9.17) is 11.6 Å². The number of aryl methyl sites for hydroxylation is 3. The van der Waals surface area contributed by atoms with Gasteiger partial charge < -0.3 is 10.6 Å². The first kappa shape index (κ1) is 18.9. The Hall–Kier alpha value is -2.92. The van der Waals surface area contributed by atoms with Crippen molar-refractivity contribution < 1.29 is 4.79 Å². The zero-order chi connectivity index (χ0) is 19.4. The van der Waals surface area contributed by atoms with Gasteiger partial charge in [-0.2, -0.15) is 0 Å². The highest BCUT2D eigenvalue weighted by Crippen LogP contribution is 2.21. The van der Waals surface area contributed by atoms with Gasteiger partial charge in [-0.15, -0.1) is 0 Å². The smallest absolute Gasteiger partial charge is 0.270 e. The summed E-state index contributed by atoms with van der Waals surface area (Å²) in [6.07, 6.45) is 0. The van der Waals surface area contributed by atoms with Crippen LogP contribution in [0.5, 0.6) is 0 Å². The fourth-order valence-corrected chi connectivity index (χ4v) is 2.87. The van der Waals surface area contributed by atoms with Gasteiger partial charge in [0.05, 0.1) is 0 Å². The van der Waals surface area contributed by atoms with E-state index in [1.807, 2.05) is 44.2 Å². The molecule has 1 heterocycles. The summed E-state index contributed by atoms with van der Waals surface area (Å²) in [4.78, 5) is 21.2. The minimum atomic E-state index is -0.274. The van der Waals surface area contributed by atoms with Gasteiger partial charge in [0.2, 0.25) is 0 Å². The van der Waals surface area contributed by atoms with E-state index in [0.29, 0.717) is 28.9 Å². The number of carbonyl (C=O) groups excluding carboxylic acids is 1. The molecule has 2 aromatic carbocycles. The number of halogens is 1. The molecule has 0 unspecified atom stereocenters. The molecule has 5 nitrogen and oxygen atoms in total. The Balaban J connectivity index is 1.77. The van der Waals surface area contributed by atoms with Crippen LogP contribution >= 0.6 is 11.6 Å². The molecule has 3 rings (SSSR count). The monoisotopic (exact) mass is 380 g/mol. The Morgan fingerprint density at radius 3 is 2.59 bits per heavy atom. The fraction of sp³-hybridized carbons (Fsp3) is 0.190. The summed E-state index contributed by atoms with van der Waals surface area (Å²) < 4.78 is 0. The maximum atomic E-state index is 12.5. The van der Waals surface area contributed by atoms with Crippen molar-refractivity contribution in [3.8, 4) is 0 Å². The quantitative estimate of drug-likeness (QED) is 0.671. The highest BCUT2D eigenvalue weighted by molar-refractivity contribution is 6.31. The largest absolute Gasteiger partial charge is 0.347 e. The van der Waals surface area contributed by atoms with E-state index in [-0.39, 0.29) is 5.91 Å². The zero-order valence-corrected chi connectivity index (χ0v) is 16.3. The molecule has 2 N–H and O–H groups in total. The van der Waals surface area contributed by atoms with E-state index in [2.05, 4.69) is 26.7 Å². The fourth-order valence-electron chi connectivity index (χ4n) is 2.66. The number of hydrogen-bond acceptors (Lipinski definition) is 4. The van der Waals surface area contributed by atoms with Gasteiger partial charge in [-0.3, -0.25) is 4.79 Å². The molecular formula is C21H21ClN4O. The molecule has 0 atom stereocenters. The van der Waals surface area contributed by atoms with E-state index in [1.54, 1.807) is 19.1 Å². The van der Waals surface area contributed by atoms with Crippen molar-refractivity contribution in [2.45, 2.75) is 27.3 Å². The first-order chi connectivity index (χ1) is 12.9. The van der Waals surface area contributed by atoms with Crippen LogP contribution in [0.4, 0.5) is 11.5 Å². The highest BCUT2D eigenvalue weighted by atomic mass is 35.5. The van der Waals surface area contributed by atoms with Crippen molar-refractivity contribution in [2.24, 2.45) is 0 Å². The molecule has 138 valence electrons. The Morgan fingerprint density at radius 2 is 1.81 bits per heavy atom. The lowest BCUT2D eigenvalue weighted by Crippen LogP contribution is -2.24. The normalized spacial score (nSPS) is 10.5. The lowest BCUT2D eigenvalue weighted by atomic mass is 10.1. The van der Waals surface area contributed by atoms with Crippen molar-refractivity contribution in [3.05, 3.63) is 81.8 Å². The number of nitrogens with one attached hydrogen (secondary N) is 2. The average Bonchev–Trinajstić information content (AvgIpc) is 2.63.